The molecule has 0 radical (unpaired) electrons. The number of aliphatic hydroxyl groups excluding tert-OH is 1. The zero-order valence-electron chi connectivity index (χ0n) is 6.82. The maximum Gasteiger partial charge on any atom is 0.329 e. The van der Waals surface area contributed by atoms with Gasteiger partial charge in [0.2, 0.25) is 0 Å². The summed E-state index contributed by atoms with van der Waals surface area (Å²) < 4.78 is 4.43. The van der Waals surface area contributed by atoms with E-state index in [0.29, 0.717) is 6.61 Å². The Labute approximate surface area is 70.3 Å². The smallest absolute Gasteiger partial charge is 0.329 e. The molecule has 0 heterocycles. The number of hydrogen-bond donors (Lipinski definition) is 2. The van der Waals surface area contributed by atoms with Crippen LogP contribution in [0.25, 0.3) is 0 Å². The van der Waals surface area contributed by atoms with Gasteiger partial charge in [-0.25, -0.2) is 4.79 Å². The first-order valence-electron chi connectivity index (χ1n) is 3.11. The number of aliphatic carboxylic acids is 1. The van der Waals surface area contributed by atoms with Crippen LogP contribution in [0, 0.1) is 0 Å². The van der Waals surface area contributed by atoms with Gasteiger partial charge in [0, 0.05) is 6.92 Å². The van der Waals surface area contributed by atoms with Gasteiger partial charge in [-0.15, -0.1) is 0 Å². The first-order chi connectivity index (χ1) is 5.54. The van der Waals surface area contributed by atoms with E-state index in [-0.39, 0.29) is 5.97 Å². The van der Waals surface area contributed by atoms with Crippen LogP contribution in [0.4, 0.5) is 0 Å². The second-order valence-corrected chi connectivity index (χ2v) is 1.64. The zero-order chi connectivity index (χ0) is 9.98. The third-order valence-electron chi connectivity index (χ3n) is 0.540. The zero-order valence-corrected chi connectivity index (χ0v) is 6.82. The maximum atomic E-state index is 9.93. The number of carbonyl (C=O) groups is 2. The van der Waals surface area contributed by atoms with Gasteiger partial charge in [-0.05, 0) is 0 Å². The van der Waals surface area contributed by atoms with Crippen molar-refractivity contribution in [3.63, 3.8) is 0 Å². The molecule has 2 N–H and O–H groups in total. The Morgan fingerprint density at radius 2 is 2.00 bits per heavy atom. The van der Waals surface area contributed by atoms with Gasteiger partial charge in [-0.3, -0.25) is 4.79 Å². The summed E-state index contributed by atoms with van der Waals surface area (Å²) in [6.07, 6.45) is 1.53. The summed E-state index contributed by atoms with van der Waals surface area (Å²) in [7, 11) is 0. The minimum Gasteiger partial charge on any atom is -0.480 e. The fourth-order valence-corrected chi connectivity index (χ4v) is 0.176. The van der Waals surface area contributed by atoms with E-state index in [9.17, 15) is 4.79 Å². The van der Waals surface area contributed by atoms with Gasteiger partial charge < -0.3 is 14.9 Å². The molecule has 0 rings (SSSR count). The molecule has 0 unspecified atom stereocenters. The van der Waals surface area contributed by atoms with E-state index < -0.39 is 12.6 Å². The Balaban J connectivity index is 0. The molecule has 0 aromatic heterocycles. The molecule has 70 valence electrons. The van der Waals surface area contributed by atoms with Crippen LogP contribution in [0.3, 0.4) is 0 Å². The fourth-order valence-electron chi connectivity index (χ4n) is 0.176. The highest BCUT2D eigenvalue weighted by Gasteiger charge is 1.83. The van der Waals surface area contributed by atoms with Crippen LogP contribution in [-0.2, 0) is 14.3 Å². The van der Waals surface area contributed by atoms with Crippen molar-refractivity contribution in [1.82, 2.24) is 0 Å². The molecular weight excluding hydrogens is 164 g/mol. The van der Waals surface area contributed by atoms with Crippen LogP contribution in [-0.4, -0.2) is 35.4 Å². The van der Waals surface area contributed by atoms with Crippen LogP contribution in [0.2, 0.25) is 0 Å². The molecule has 0 saturated heterocycles. The summed E-state index contributed by atoms with van der Waals surface area (Å²) >= 11 is 0. The molecule has 0 aromatic rings. The molecule has 0 bridgehead atoms. The molecule has 0 saturated carbocycles. The normalized spacial score (nSPS) is 7.50. The number of carboxylic acids is 1. The SMILES string of the molecule is C=CCOC(C)=O.O=C(O)CO. The van der Waals surface area contributed by atoms with Crippen molar-refractivity contribution in [2.45, 2.75) is 6.92 Å². The predicted octanol–water partition coefficient (Wildman–Crippen LogP) is -0.201. The standard InChI is InChI=1S/C5H8O2.C2H4O3/c1-3-4-7-5(2)6;3-1-2(4)5/h3H,1,4H2,2H3;3H,1H2,(H,4,5). The van der Waals surface area contributed by atoms with Crippen LogP contribution in [0.1, 0.15) is 6.92 Å². The minimum absolute atomic E-state index is 0.264. The van der Waals surface area contributed by atoms with Crippen LogP contribution < -0.4 is 0 Å². The van der Waals surface area contributed by atoms with E-state index in [0.717, 1.165) is 0 Å². The van der Waals surface area contributed by atoms with Gasteiger partial charge in [0.1, 0.15) is 13.2 Å². The predicted molar refractivity (Wildman–Crippen MR) is 41.6 cm³/mol. The van der Waals surface area contributed by atoms with Crippen molar-refractivity contribution in [1.29, 1.82) is 0 Å². The molecule has 5 nitrogen and oxygen atoms in total. The largest absolute Gasteiger partial charge is 0.480 e. The average molecular weight is 176 g/mol. The molecule has 0 spiro atoms. The van der Waals surface area contributed by atoms with Gasteiger partial charge in [-0.1, -0.05) is 12.7 Å². The van der Waals surface area contributed by atoms with Crippen LogP contribution >= 0.6 is 0 Å². The Morgan fingerprint density at radius 3 is 2.08 bits per heavy atom. The monoisotopic (exact) mass is 176 g/mol. The molecule has 5 heteroatoms. The minimum atomic E-state index is -1.19. The molecule has 12 heavy (non-hydrogen) atoms. The van der Waals surface area contributed by atoms with Gasteiger partial charge >= 0.3 is 11.9 Å². The highest BCUT2D eigenvalue weighted by atomic mass is 16.5. The van der Waals surface area contributed by atoms with E-state index >= 15 is 0 Å². The summed E-state index contributed by atoms with van der Waals surface area (Å²) in [5.41, 5.74) is 0. The van der Waals surface area contributed by atoms with Crippen molar-refractivity contribution in [2.24, 2.45) is 0 Å². The van der Waals surface area contributed by atoms with Crippen molar-refractivity contribution >= 4 is 11.9 Å². The van der Waals surface area contributed by atoms with E-state index in [1.807, 2.05) is 0 Å². The Kier molecular flexibility index (Phi) is 10.6. The number of hydrogen-bond acceptors (Lipinski definition) is 4. The van der Waals surface area contributed by atoms with E-state index in [4.69, 9.17) is 15.0 Å². The first kappa shape index (κ1) is 13.2. The third kappa shape index (κ3) is 23.4. The number of esters is 1. The van der Waals surface area contributed by atoms with Crippen molar-refractivity contribution in [2.75, 3.05) is 13.2 Å². The summed E-state index contributed by atoms with van der Waals surface area (Å²) in [5.74, 6) is -1.45. The molecular formula is C7H12O5. The maximum absolute atomic E-state index is 9.93. The third-order valence-corrected chi connectivity index (χ3v) is 0.540. The van der Waals surface area contributed by atoms with E-state index in [1.165, 1.54) is 13.0 Å². The topological polar surface area (TPSA) is 83.8 Å². The van der Waals surface area contributed by atoms with Gasteiger partial charge in [-0.2, -0.15) is 0 Å². The molecule has 0 amide bonds. The Bertz CT molecular complexity index is 152. The van der Waals surface area contributed by atoms with Crippen LogP contribution in [0.15, 0.2) is 12.7 Å². The number of aliphatic hydroxyl groups is 1. The summed E-state index contributed by atoms with van der Waals surface area (Å²) in [6, 6.07) is 0. The lowest BCUT2D eigenvalue weighted by Crippen LogP contribution is -1.98. The fraction of sp³-hybridized carbons (Fsp3) is 0.429. The number of rotatable bonds is 3. The highest BCUT2D eigenvalue weighted by molar-refractivity contribution is 5.67. The molecule has 0 aliphatic heterocycles. The molecule has 0 aliphatic carbocycles. The second kappa shape index (κ2) is 9.64. The highest BCUT2D eigenvalue weighted by Crippen LogP contribution is 1.73. The van der Waals surface area contributed by atoms with Crippen molar-refractivity contribution in [3.8, 4) is 0 Å². The lowest BCUT2D eigenvalue weighted by molar-refractivity contribution is -0.140. The first-order valence-corrected chi connectivity index (χ1v) is 3.11. The van der Waals surface area contributed by atoms with Crippen molar-refractivity contribution < 1.29 is 24.5 Å². The molecule has 0 fully saturated rings. The quantitative estimate of drug-likeness (QED) is 0.459. The number of carboxylic acid groups (broad SMARTS) is 1. The summed E-state index contributed by atoms with van der Waals surface area (Å²) in [5, 5.41) is 15.0. The number of ether oxygens (including phenoxy) is 1. The number of carbonyl (C=O) groups excluding carboxylic acids is 1. The average Bonchev–Trinajstić information content (AvgIpc) is 2.02. The van der Waals surface area contributed by atoms with E-state index in [1.54, 1.807) is 0 Å². The van der Waals surface area contributed by atoms with Crippen LogP contribution in [0.5, 0.6) is 0 Å². The molecule has 0 aliphatic rings. The molecule has 0 aromatic carbocycles. The summed E-state index contributed by atoms with van der Waals surface area (Å²) in [6.45, 7) is 4.26. The Hall–Kier alpha value is -1.36. The lowest BCUT2D eigenvalue weighted by atomic mass is 10.7. The van der Waals surface area contributed by atoms with Gasteiger partial charge in [0.05, 0.1) is 0 Å². The Morgan fingerprint density at radius 1 is 1.58 bits per heavy atom. The van der Waals surface area contributed by atoms with Gasteiger partial charge in [0.25, 0.3) is 0 Å². The van der Waals surface area contributed by atoms with Gasteiger partial charge in [0.15, 0.2) is 0 Å². The lowest BCUT2D eigenvalue weighted by Gasteiger charge is -1.90. The second-order valence-electron chi connectivity index (χ2n) is 1.64. The summed E-state index contributed by atoms with van der Waals surface area (Å²) in [4.78, 5) is 19.1. The van der Waals surface area contributed by atoms with Crippen molar-refractivity contribution in [3.05, 3.63) is 12.7 Å². The van der Waals surface area contributed by atoms with E-state index in [2.05, 4.69) is 11.3 Å². The molecule has 0 atom stereocenters.